The molecule has 2 N–H and O–H groups in total. The predicted octanol–water partition coefficient (Wildman–Crippen LogP) is 1.70. The fraction of sp³-hybridized carbons (Fsp3) is 0.917. The van der Waals surface area contributed by atoms with E-state index in [1.165, 1.54) is 13.5 Å². The Morgan fingerprint density at radius 2 is 2.20 bits per heavy atom. The molecule has 2 fully saturated rings. The molecule has 2 aliphatic carbocycles. The summed E-state index contributed by atoms with van der Waals surface area (Å²) >= 11 is 0. The zero-order valence-electron chi connectivity index (χ0n) is 9.66. The Kier molecular flexibility index (Phi) is 2.75. The summed E-state index contributed by atoms with van der Waals surface area (Å²) in [6, 6.07) is 0.297. The monoisotopic (exact) mass is 211 g/mol. The lowest BCUT2D eigenvalue weighted by atomic mass is 9.58. The van der Waals surface area contributed by atoms with Gasteiger partial charge in [-0.3, -0.25) is 4.79 Å². The highest BCUT2D eigenvalue weighted by molar-refractivity contribution is 5.77. The minimum atomic E-state index is -0.201. The van der Waals surface area contributed by atoms with E-state index in [4.69, 9.17) is 10.5 Å². The van der Waals surface area contributed by atoms with Crippen LogP contribution in [0.15, 0.2) is 0 Å². The zero-order valence-corrected chi connectivity index (χ0v) is 9.66. The highest BCUT2D eigenvalue weighted by atomic mass is 16.5. The SMILES string of the molecule is COC(=O)C12CCC(N)C(C[C@H](C)C1)C2. The first-order chi connectivity index (χ1) is 7.07. The van der Waals surface area contributed by atoms with E-state index in [1.807, 2.05) is 0 Å². The van der Waals surface area contributed by atoms with Crippen LogP contribution >= 0.6 is 0 Å². The van der Waals surface area contributed by atoms with Crippen molar-refractivity contribution in [1.29, 1.82) is 0 Å². The first-order valence-electron chi connectivity index (χ1n) is 5.91. The smallest absolute Gasteiger partial charge is 0.311 e. The Bertz CT molecular complexity index is 266. The van der Waals surface area contributed by atoms with Crippen molar-refractivity contribution in [2.24, 2.45) is 23.0 Å². The maximum absolute atomic E-state index is 11.9. The van der Waals surface area contributed by atoms with E-state index in [-0.39, 0.29) is 11.4 Å². The van der Waals surface area contributed by atoms with Crippen LogP contribution in [-0.2, 0) is 9.53 Å². The van der Waals surface area contributed by atoms with Crippen LogP contribution in [0.2, 0.25) is 0 Å². The van der Waals surface area contributed by atoms with E-state index >= 15 is 0 Å². The third-order valence-electron chi connectivity index (χ3n) is 4.28. The zero-order chi connectivity index (χ0) is 11.1. The second kappa shape index (κ2) is 3.78. The lowest BCUT2D eigenvalue weighted by molar-refractivity contribution is -0.160. The first-order valence-corrected chi connectivity index (χ1v) is 5.91. The summed E-state index contributed by atoms with van der Waals surface area (Å²) in [5, 5.41) is 0. The molecule has 0 aromatic rings. The van der Waals surface area contributed by atoms with Crippen molar-refractivity contribution >= 4 is 5.97 Å². The molecule has 0 saturated heterocycles. The molecular formula is C12H21NO2. The molecule has 2 bridgehead atoms. The van der Waals surface area contributed by atoms with Gasteiger partial charge in [0.2, 0.25) is 0 Å². The van der Waals surface area contributed by atoms with Crippen LogP contribution in [-0.4, -0.2) is 19.1 Å². The Morgan fingerprint density at radius 3 is 2.87 bits per heavy atom. The van der Waals surface area contributed by atoms with E-state index < -0.39 is 0 Å². The van der Waals surface area contributed by atoms with Crippen LogP contribution < -0.4 is 5.73 Å². The van der Waals surface area contributed by atoms with E-state index in [0.717, 1.165) is 25.7 Å². The minimum absolute atomic E-state index is 0.00838. The van der Waals surface area contributed by atoms with Crippen LogP contribution in [0.25, 0.3) is 0 Å². The van der Waals surface area contributed by atoms with E-state index in [0.29, 0.717) is 17.9 Å². The van der Waals surface area contributed by atoms with Crippen LogP contribution in [0, 0.1) is 17.3 Å². The molecule has 0 amide bonds. The highest BCUT2D eigenvalue weighted by Crippen LogP contribution is 2.51. The molecule has 3 unspecified atom stereocenters. The minimum Gasteiger partial charge on any atom is -0.469 e. The van der Waals surface area contributed by atoms with Gasteiger partial charge in [-0.25, -0.2) is 0 Å². The van der Waals surface area contributed by atoms with Crippen LogP contribution in [0.5, 0.6) is 0 Å². The summed E-state index contributed by atoms with van der Waals surface area (Å²) < 4.78 is 4.97. The number of carbonyl (C=O) groups is 1. The largest absolute Gasteiger partial charge is 0.469 e. The van der Waals surface area contributed by atoms with Gasteiger partial charge in [-0.15, -0.1) is 0 Å². The molecule has 3 nitrogen and oxygen atoms in total. The maximum Gasteiger partial charge on any atom is 0.311 e. The molecule has 2 rings (SSSR count). The lowest BCUT2D eigenvalue weighted by Gasteiger charge is -2.48. The topological polar surface area (TPSA) is 52.3 Å². The molecule has 0 heterocycles. The van der Waals surface area contributed by atoms with Gasteiger partial charge in [0.05, 0.1) is 12.5 Å². The van der Waals surface area contributed by atoms with Gasteiger partial charge in [-0.05, 0) is 43.9 Å². The number of ether oxygens (including phenoxy) is 1. The molecule has 4 atom stereocenters. The summed E-state index contributed by atoms with van der Waals surface area (Å²) in [7, 11) is 1.50. The molecule has 3 heteroatoms. The van der Waals surface area contributed by atoms with Gasteiger partial charge in [-0.2, -0.15) is 0 Å². The van der Waals surface area contributed by atoms with Crippen molar-refractivity contribution in [1.82, 2.24) is 0 Å². The molecule has 0 spiro atoms. The second-order valence-electron chi connectivity index (χ2n) is 5.48. The summed E-state index contributed by atoms with van der Waals surface area (Å²) in [6.07, 6.45) is 5.02. The summed E-state index contributed by atoms with van der Waals surface area (Å²) in [5.41, 5.74) is 5.89. The molecule has 0 aliphatic heterocycles. The van der Waals surface area contributed by atoms with Crippen molar-refractivity contribution in [3.63, 3.8) is 0 Å². The van der Waals surface area contributed by atoms with E-state index in [9.17, 15) is 4.79 Å². The highest BCUT2D eigenvalue weighted by Gasteiger charge is 2.50. The number of carbonyl (C=O) groups excluding carboxylic acids is 1. The molecule has 2 aliphatic rings. The molecule has 0 radical (unpaired) electrons. The number of esters is 1. The molecule has 0 aromatic carbocycles. The number of nitrogens with two attached hydrogens (primary N) is 1. The van der Waals surface area contributed by atoms with Crippen LogP contribution in [0.4, 0.5) is 0 Å². The van der Waals surface area contributed by atoms with Crippen LogP contribution in [0.3, 0.4) is 0 Å². The molecular weight excluding hydrogens is 190 g/mol. The standard InChI is InChI=1S/C12H21NO2/c1-8-5-9-7-12(6-8,11(14)15-2)4-3-10(9)13/h8-10H,3-7,13H2,1-2H3/t8-,9?,10?,12?/m0/s1. The Hall–Kier alpha value is -0.570. The van der Waals surface area contributed by atoms with E-state index in [1.54, 1.807) is 0 Å². The number of hydrogen-bond acceptors (Lipinski definition) is 3. The fourth-order valence-electron chi connectivity index (χ4n) is 3.63. The van der Waals surface area contributed by atoms with Crippen molar-refractivity contribution < 1.29 is 9.53 Å². The number of rotatable bonds is 1. The second-order valence-corrected chi connectivity index (χ2v) is 5.48. The van der Waals surface area contributed by atoms with Gasteiger partial charge in [0.15, 0.2) is 0 Å². The van der Waals surface area contributed by atoms with Crippen LogP contribution in [0.1, 0.15) is 39.0 Å². The summed E-state index contributed by atoms with van der Waals surface area (Å²) in [6.45, 7) is 2.22. The first kappa shape index (κ1) is 10.9. The normalized spacial score (nSPS) is 44.9. The third kappa shape index (κ3) is 1.78. The summed E-state index contributed by atoms with van der Waals surface area (Å²) in [4.78, 5) is 11.9. The quantitative estimate of drug-likeness (QED) is 0.672. The molecule has 0 aromatic heterocycles. The van der Waals surface area contributed by atoms with Crippen molar-refractivity contribution in [3.05, 3.63) is 0 Å². The predicted molar refractivity (Wildman–Crippen MR) is 58.2 cm³/mol. The van der Waals surface area contributed by atoms with Crippen molar-refractivity contribution in [2.45, 2.75) is 45.1 Å². The Morgan fingerprint density at radius 1 is 1.47 bits per heavy atom. The average Bonchev–Trinajstić information content (AvgIpc) is 2.22. The number of fused-ring (bicyclic) bond motifs is 2. The van der Waals surface area contributed by atoms with Gasteiger partial charge in [0.1, 0.15) is 0 Å². The van der Waals surface area contributed by atoms with Crippen molar-refractivity contribution in [3.8, 4) is 0 Å². The van der Waals surface area contributed by atoms with Gasteiger partial charge in [0, 0.05) is 6.04 Å². The number of hydrogen-bond donors (Lipinski definition) is 1. The fourth-order valence-corrected chi connectivity index (χ4v) is 3.63. The Labute approximate surface area is 91.4 Å². The maximum atomic E-state index is 11.9. The molecule has 15 heavy (non-hydrogen) atoms. The van der Waals surface area contributed by atoms with Gasteiger partial charge in [-0.1, -0.05) is 6.92 Å². The van der Waals surface area contributed by atoms with Gasteiger partial charge in [0.25, 0.3) is 0 Å². The summed E-state index contributed by atoms with van der Waals surface area (Å²) in [5.74, 6) is 1.13. The van der Waals surface area contributed by atoms with E-state index in [2.05, 4.69) is 6.92 Å². The lowest BCUT2D eigenvalue weighted by Crippen LogP contribution is -2.50. The number of methoxy groups -OCH3 is 1. The molecule has 2 saturated carbocycles. The van der Waals surface area contributed by atoms with Gasteiger partial charge >= 0.3 is 5.97 Å². The van der Waals surface area contributed by atoms with Crippen molar-refractivity contribution in [2.75, 3.05) is 7.11 Å². The average molecular weight is 211 g/mol. The van der Waals surface area contributed by atoms with Gasteiger partial charge < -0.3 is 10.5 Å². The Balaban J connectivity index is 2.21. The molecule has 86 valence electrons. The third-order valence-corrected chi connectivity index (χ3v) is 4.28.